The van der Waals surface area contributed by atoms with Crippen LogP contribution in [-0.4, -0.2) is 29.5 Å². The Hall–Kier alpha value is -15.5. The number of H-pyrrole nitrogens is 1. The van der Waals surface area contributed by atoms with E-state index in [4.69, 9.17) is 21.6 Å². The quantitative estimate of drug-likeness (QED) is 0.127. The van der Waals surface area contributed by atoms with Gasteiger partial charge in [-0.1, -0.05) is 416 Å². The van der Waals surface area contributed by atoms with Crippen molar-refractivity contribution in [3.8, 4) is 95.2 Å². The van der Waals surface area contributed by atoms with Crippen molar-refractivity contribution in [2.24, 2.45) is 0 Å². The molecular formula is C118H79ClN6. The summed E-state index contributed by atoms with van der Waals surface area (Å²) in [6.45, 7) is 9.03. The molecular weight excluding hydrogens is 1540 g/mol. The maximum absolute atomic E-state index is 6.42. The highest BCUT2D eigenvalue weighted by Gasteiger charge is 2.42. The van der Waals surface area contributed by atoms with Crippen LogP contribution in [-0.2, 0) is 10.8 Å². The summed E-state index contributed by atoms with van der Waals surface area (Å²) < 4.78 is 2.36. The van der Waals surface area contributed by atoms with Gasteiger partial charge in [-0.05, 0) is 155 Å². The largest absolute Gasteiger partial charge is 0.354 e. The number of halogens is 1. The number of nitrogens with zero attached hydrogens (tertiary/aromatic N) is 5. The number of hydrogen-bond donors (Lipinski definition) is 1. The number of rotatable bonds is 7. The van der Waals surface area contributed by atoms with Crippen LogP contribution in [0.25, 0.3) is 225 Å². The third-order valence-electron chi connectivity index (χ3n) is 26.8. The van der Waals surface area contributed by atoms with Crippen LogP contribution < -0.4 is 0 Å². The maximum Gasteiger partial charge on any atom is 0.235 e. The van der Waals surface area contributed by atoms with Gasteiger partial charge in [-0.25, -0.2) is 19.9 Å². The normalized spacial score (nSPS) is 13.0. The first-order chi connectivity index (χ1) is 61.4. The lowest BCUT2D eigenvalue weighted by Crippen LogP contribution is -2.18. The molecule has 0 bridgehead atoms. The fourth-order valence-electron chi connectivity index (χ4n) is 20.8. The van der Waals surface area contributed by atoms with Crippen LogP contribution >= 0.6 is 11.6 Å². The SMILES string of the molecule is CC1(C)c2ccccc2-c2c(-c3ccc(-c4ccc(-c5ccccc5)cc4)cc3)nc(-n3c4ccc5c6ccccc6c6ccccc6c5c4c4ccc5ccccc5c43)nc21.CC1(C)c2ccccc2-c2c(-c3ccc(-c4ccc(-c5ccccc5)cc4)cc3)nc(Cl)nc21.c1ccc2c(c1)ccc1c2[nH]c2ccc3c4ccccc4c4ccccc4c3c21. The van der Waals surface area contributed by atoms with E-state index in [-0.39, 0.29) is 16.1 Å². The minimum atomic E-state index is -0.346. The Morgan fingerprint density at radius 3 is 1.06 bits per heavy atom. The zero-order chi connectivity index (χ0) is 83.3. The first-order valence-electron chi connectivity index (χ1n) is 43.0. The van der Waals surface area contributed by atoms with Gasteiger partial charge in [0.05, 0.1) is 39.3 Å². The number of benzene rings is 20. The Morgan fingerprint density at radius 1 is 0.248 bits per heavy atom. The first kappa shape index (κ1) is 73.5. The average Bonchev–Trinajstić information content (AvgIpc) is 1.46. The molecule has 0 saturated carbocycles. The van der Waals surface area contributed by atoms with E-state index in [1.54, 1.807) is 0 Å². The molecule has 2 aliphatic carbocycles. The van der Waals surface area contributed by atoms with Gasteiger partial charge < -0.3 is 4.98 Å². The number of fused-ring (bicyclic) bond motifs is 30. The molecule has 0 spiro atoms. The fraction of sp³-hybridized carbons (Fsp3) is 0.0508. The summed E-state index contributed by atoms with van der Waals surface area (Å²) in [5.74, 6) is 0.681. The second-order valence-corrected chi connectivity index (χ2v) is 34.7. The molecule has 0 radical (unpaired) electrons. The van der Waals surface area contributed by atoms with E-state index in [9.17, 15) is 0 Å². The second-order valence-electron chi connectivity index (χ2n) is 34.4. The van der Waals surface area contributed by atoms with Gasteiger partial charge in [-0.3, -0.25) is 4.57 Å². The summed E-state index contributed by atoms with van der Waals surface area (Å²) in [6.07, 6.45) is 0. The molecule has 588 valence electrons. The molecule has 0 unspecified atom stereocenters. The highest BCUT2D eigenvalue weighted by Crippen LogP contribution is 2.55. The predicted octanol–water partition coefficient (Wildman–Crippen LogP) is 31.9. The Labute approximate surface area is 727 Å². The lowest BCUT2D eigenvalue weighted by Gasteiger charge is -2.21. The van der Waals surface area contributed by atoms with Gasteiger partial charge >= 0.3 is 0 Å². The standard InChI is InChI=1S/C59H39N3.C31H23ClN2.C28H17N/c1-59(2)50-23-13-12-22-48(50)54-55(41-30-28-39(29-31-41)38-26-24-37(25-27-38)36-14-4-3-5-15-36)60-58(61-57(54)59)62-51-35-34-47-45-20-9-8-18-43(45)44-19-10-11-21-46(44)52(47)53(51)49-33-32-40-16-6-7-17-42(40)56(49)62;1-31(2)26-11-7-6-10-25(26)27-28(33-30(32)34-29(27)31)24-18-16-23(17-19-24)22-14-12-21(13-15-22)20-8-4-3-5-9-20;1-2-8-18-17(7-1)13-14-24-27-25(29-28(18)24)16-15-23-21-11-4-3-9-19(21)20-10-5-6-12-22(20)26(23)27/h3-35H,1-2H3;3-19H,1-2H3;1-16,29H. The molecule has 24 aromatic rings. The molecule has 0 saturated heterocycles. The summed E-state index contributed by atoms with van der Waals surface area (Å²) in [4.78, 5) is 24.5. The van der Waals surface area contributed by atoms with Crippen LogP contribution in [0, 0.1) is 0 Å². The lowest BCUT2D eigenvalue weighted by molar-refractivity contribution is 0.632. The minimum absolute atomic E-state index is 0.215. The van der Waals surface area contributed by atoms with Gasteiger partial charge in [0, 0.05) is 81.7 Å². The highest BCUT2D eigenvalue weighted by atomic mass is 35.5. The minimum Gasteiger partial charge on any atom is -0.354 e. The molecule has 2 aliphatic rings. The lowest BCUT2D eigenvalue weighted by atomic mass is 9.85. The summed E-state index contributed by atoms with van der Waals surface area (Å²) >= 11 is 6.42. The third-order valence-corrected chi connectivity index (χ3v) is 26.9. The topological polar surface area (TPSA) is 72.3 Å². The van der Waals surface area contributed by atoms with Crippen molar-refractivity contribution < 1.29 is 0 Å². The van der Waals surface area contributed by atoms with Crippen LogP contribution in [0.5, 0.6) is 0 Å². The van der Waals surface area contributed by atoms with Crippen molar-refractivity contribution in [1.29, 1.82) is 0 Å². The molecule has 0 amide bonds. The van der Waals surface area contributed by atoms with E-state index in [1.807, 2.05) is 6.07 Å². The maximum atomic E-state index is 6.42. The Morgan fingerprint density at radius 2 is 0.584 bits per heavy atom. The third kappa shape index (κ3) is 11.7. The first-order valence-corrected chi connectivity index (χ1v) is 43.4. The van der Waals surface area contributed by atoms with Crippen LogP contribution in [0.15, 0.2) is 400 Å². The monoisotopic (exact) mass is 1610 g/mol. The Bertz CT molecular complexity index is 8490. The van der Waals surface area contributed by atoms with Crippen LogP contribution in [0.1, 0.15) is 50.2 Å². The molecule has 125 heavy (non-hydrogen) atoms. The van der Waals surface area contributed by atoms with Crippen LogP contribution in [0.3, 0.4) is 0 Å². The molecule has 6 nitrogen and oxygen atoms in total. The molecule has 0 fully saturated rings. The zero-order valence-electron chi connectivity index (χ0n) is 69.2. The van der Waals surface area contributed by atoms with Gasteiger partial charge in [0.1, 0.15) is 0 Å². The number of aromatic nitrogens is 6. The molecule has 20 aromatic carbocycles. The summed E-state index contributed by atoms with van der Waals surface area (Å²) in [5, 5.41) is 25.7. The smallest absolute Gasteiger partial charge is 0.235 e. The second kappa shape index (κ2) is 28.9. The Kier molecular flexibility index (Phi) is 17.0. The molecule has 1 N–H and O–H groups in total. The van der Waals surface area contributed by atoms with Crippen molar-refractivity contribution in [3.63, 3.8) is 0 Å². The van der Waals surface area contributed by atoms with Gasteiger partial charge in [-0.15, -0.1) is 0 Å². The van der Waals surface area contributed by atoms with Crippen molar-refractivity contribution in [1.82, 2.24) is 29.5 Å². The van der Waals surface area contributed by atoms with Crippen LogP contribution in [0.4, 0.5) is 0 Å². The average molecular weight is 1620 g/mol. The number of hydrogen-bond acceptors (Lipinski definition) is 4. The van der Waals surface area contributed by atoms with E-state index in [1.165, 1.54) is 186 Å². The molecule has 7 heteroatoms. The number of aromatic amines is 1. The molecule has 0 aliphatic heterocycles. The predicted molar refractivity (Wildman–Crippen MR) is 527 cm³/mol. The van der Waals surface area contributed by atoms with Gasteiger partial charge in [0.15, 0.2) is 0 Å². The van der Waals surface area contributed by atoms with E-state index in [2.05, 4.69) is 442 Å². The summed E-state index contributed by atoms with van der Waals surface area (Å²) in [6, 6.07) is 144. The zero-order valence-corrected chi connectivity index (χ0v) is 70.0. The van der Waals surface area contributed by atoms with E-state index < -0.39 is 0 Å². The molecule has 26 rings (SSSR count). The van der Waals surface area contributed by atoms with Crippen molar-refractivity contribution in [2.75, 3.05) is 0 Å². The van der Waals surface area contributed by atoms with Crippen molar-refractivity contribution in [2.45, 2.75) is 38.5 Å². The van der Waals surface area contributed by atoms with E-state index in [0.29, 0.717) is 5.95 Å². The van der Waals surface area contributed by atoms with Crippen LogP contribution in [0.2, 0.25) is 5.28 Å². The number of nitrogens with one attached hydrogen (secondary N) is 1. The van der Waals surface area contributed by atoms with Gasteiger partial charge in [-0.2, -0.15) is 0 Å². The molecule has 4 heterocycles. The van der Waals surface area contributed by atoms with E-state index in [0.717, 1.165) is 56.1 Å². The highest BCUT2D eigenvalue weighted by molar-refractivity contribution is 6.38. The van der Waals surface area contributed by atoms with Gasteiger partial charge in [0.25, 0.3) is 0 Å². The molecule has 0 atom stereocenters. The summed E-state index contributed by atoms with van der Waals surface area (Å²) in [5.41, 5.74) is 26.8. The van der Waals surface area contributed by atoms with Crippen molar-refractivity contribution >= 4 is 141 Å². The molecule has 4 aromatic heterocycles. The van der Waals surface area contributed by atoms with Crippen molar-refractivity contribution in [3.05, 3.63) is 428 Å². The fourth-order valence-corrected chi connectivity index (χ4v) is 20.9. The van der Waals surface area contributed by atoms with Gasteiger partial charge in [0.2, 0.25) is 11.2 Å². The summed E-state index contributed by atoms with van der Waals surface area (Å²) in [7, 11) is 0. The Balaban J connectivity index is 0.000000116. The van der Waals surface area contributed by atoms with E-state index >= 15 is 0 Å².